The first-order chi connectivity index (χ1) is 9.15. The van der Waals surface area contributed by atoms with Crippen LogP contribution in [0.15, 0.2) is 46.7 Å². The van der Waals surface area contributed by atoms with Gasteiger partial charge in [0.25, 0.3) is 0 Å². The highest BCUT2D eigenvalue weighted by molar-refractivity contribution is 9.11. The first-order valence-electron chi connectivity index (χ1n) is 5.78. The van der Waals surface area contributed by atoms with Gasteiger partial charge in [-0.1, -0.05) is 12.1 Å². The number of nitrogens with zero attached hydrogens (tertiary/aromatic N) is 1. The van der Waals surface area contributed by atoms with Gasteiger partial charge in [0.2, 0.25) is 17.5 Å². The van der Waals surface area contributed by atoms with Gasteiger partial charge in [0.15, 0.2) is 0 Å². The number of hydrogen-bond acceptors (Lipinski definition) is 3. The third-order valence-corrected chi connectivity index (χ3v) is 3.97. The van der Waals surface area contributed by atoms with E-state index in [1.807, 2.05) is 24.3 Å². The molecule has 0 amide bonds. The largest absolute Gasteiger partial charge is 0.501 e. The van der Waals surface area contributed by atoms with Crippen LogP contribution in [0.3, 0.4) is 0 Å². The summed E-state index contributed by atoms with van der Waals surface area (Å²) in [5.74, 6) is 0.0130. The van der Waals surface area contributed by atoms with Gasteiger partial charge in [0.1, 0.15) is 0 Å². The average Bonchev–Trinajstić information content (AvgIpc) is 2.43. The second-order valence-corrected chi connectivity index (χ2v) is 5.17. The van der Waals surface area contributed by atoms with Gasteiger partial charge in [0, 0.05) is 16.9 Å². The van der Waals surface area contributed by atoms with Crippen LogP contribution in [-0.2, 0) is 4.84 Å². The van der Waals surface area contributed by atoms with Crippen LogP contribution in [0.25, 0.3) is 0 Å². The number of quaternary nitrogens is 1. The molecule has 0 radical (unpaired) electrons. The average molecular weight is 325 g/mol. The van der Waals surface area contributed by atoms with Crippen LogP contribution in [0.1, 0.15) is 0 Å². The second-order valence-electron chi connectivity index (χ2n) is 4.32. The first-order valence-corrected chi connectivity index (χ1v) is 6.58. The predicted molar refractivity (Wildman–Crippen MR) is 72.3 cm³/mol. The molecule has 0 fully saturated rings. The van der Waals surface area contributed by atoms with Gasteiger partial charge in [-0.2, -0.15) is 0 Å². The molecule has 1 aliphatic carbocycles. The number of aliphatic hydroxyl groups excluding tert-OH is 1. The van der Waals surface area contributed by atoms with Crippen LogP contribution < -0.4 is 5.06 Å². The van der Waals surface area contributed by atoms with Crippen LogP contribution in [-0.4, -0.2) is 33.9 Å². The zero-order chi connectivity index (χ0) is 13.6. The van der Waals surface area contributed by atoms with Crippen LogP contribution in [0.5, 0.6) is 0 Å². The van der Waals surface area contributed by atoms with E-state index in [0.29, 0.717) is 20.9 Å². The molecule has 0 aromatic heterocycles. The van der Waals surface area contributed by atoms with Crippen molar-refractivity contribution in [3.05, 3.63) is 46.7 Å². The normalized spacial score (nSPS) is 25.4. The summed E-state index contributed by atoms with van der Waals surface area (Å²) in [5, 5.41) is 21.2. The first kappa shape index (κ1) is 12.4. The van der Waals surface area contributed by atoms with E-state index in [2.05, 4.69) is 15.9 Å². The lowest BCUT2D eigenvalue weighted by Crippen LogP contribution is -3.12. The van der Waals surface area contributed by atoms with Crippen molar-refractivity contribution in [3.8, 4) is 0 Å². The highest BCUT2D eigenvalue weighted by atomic mass is 79.9. The maximum atomic E-state index is 10.3. The van der Waals surface area contributed by atoms with Crippen LogP contribution >= 0.6 is 15.9 Å². The summed E-state index contributed by atoms with van der Waals surface area (Å²) in [6.07, 6.45) is 3.63. The molecule has 3 rings (SSSR count). The van der Waals surface area contributed by atoms with Gasteiger partial charge in [-0.25, -0.2) is 4.84 Å². The maximum Gasteiger partial charge on any atom is 0.342 e. The lowest BCUT2D eigenvalue weighted by molar-refractivity contribution is -1.05. The number of hydrogen-bond donors (Lipinski definition) is 3. The van der Waals surface area contributed by atoms with E-state index in [1.165, 1.54) is 0 Å². The summed E-state index contributed by atoms with van der Waals surface area (Å²) in [6, 6.07) is 7.06. The number of allylic oxidation sites excluding steroid dienone is 2. The van der Waals surface area contributed by atoms with E-state index in [9.17, 15) is 10.3 Å². The van der Waals surface area contributed by atoms with Crippen molar-refractivity contribution in [2.24, 2.45) is 0 Å². The fraction of sp³-hybridized carbons (Fsp3) is 0.154. The van der Waals surface area contributed by atoms with Crippen LogP contribution in [0, 0.1) is 0 Å². The number of aliphatic hydroxyl groups is 1. The number of fused-ring (bicyclic) bond motifs is 2. The molecular weight excluding hydrogens is 312 g/mol. The monoisotopic (exact) mass is 324 g/mol. The lowest BCUT2D eigenvalue weighted by Gasteiger charge is -2.26. The van der Waals surface area contributed by atoms with E-state index in [-0.39, 0.29) is 11.8 Å². The van der Waals surface area contributed by atoms with Gasteiger partial charge in [0.05, 0.1) is 11.6 Å². The number of benzene rings is 1. The lowest BCUT2D eigenvalue weighted by atomic mass is 10.0. The topological polar surface area (TPSA) is 57.1 Å². The molecule has 2 unspecified atom stereocenters. The number of rotatable bonds is 1. The predicted octanol–water partition coefficient (Wildman–Crippen LogP) is 1.36. The van der Waals surface area contributed by atoms with Crippen molar-refractivity contribution in [3.63, 3.8) is 0 Å². The SMILES string of the molecule is CO[NH+]1c2ccccc2[N+](O)=C2C(O)=C(Br)C=CC21. The molecule has 3 N–H and O–H groups in total. The Labute approximate surface area is 118 Å². The summed E-state index contributed by atoms with van der Waals surface area (Å²) in [7, 11) is 1.59. The van der Waals surface area contributed by atoms with E-state index >= 15 is 0 Å². The summed E-state index contributed by atoms with van der Waals surface area (Å²) in [6.45, 7) is 0. The Hall–Kier alpha value is -1.63. The Kier molecular flexibility index (Phi) is 2.93. The third kappa shape index (κ3) is 1.72. The van der Waals surface area contributed by atoms with Gasteiger partial charge in [-0.05, 0) is 28.1 Å². The third-order valence-electron chi connectivity index (χ3n) is 3.33. The van der Waals surface area contributed by atoms with E-state index in [0.717, 1.165) is 10.4 Å². The Morgan fingerprint density at radius 3 is 2.84 bits per heavy atom. The Balaban J connectivity index is 2.29. The smallest absolute Gasteiger partial charge is 0.342 e. The van der Waals surface area contributed by atoms with Crippen molar-refractivity contribution in [2.45, 2.75) is 6.04 Å². The standard InChI is InChI=1S/C13H11BrN2O3/c1-19-16-10-5-3-2-4-9(10)15(18)12-11(16)7-6-8(14)13(12)17/h2-7,11H,1H3,(H-,17,18)/p+2. The Morgan fingerprint density at radius 1 is 1.37 bits per heavy atom. The fourth-order valence-electron chi connectivity index (χ4n) is 2.46. The zero-order valence-electron chi connectivity index (χ0n) is 10.2. The quantitative estimate of drug-likeness (QED) is 0.540. The van der Waals surface area contributed by atoms with Crippen molar-refractivity contribution < 1.29 is 25.0 Å². The fourth-order valence-corrected chi connectivity index (χ4v) is 2.82. The minimum absolute atomic E-state index is 0.0130. The molecule has 98 valence electrons. The molecule has 19 heavy (non-hydrogen) atoms. The van der Waals surface area contributed by atoms with E-state index in [1.54, 1.807) is 19.3 Å². The minimum Gasteiger partial charge on any atom is -0.501 e. The number of nitrogens with one attached hydrogen (secondary N) is 1. The van der Waals surface area contributed by atoms with E-state index in [4.69, 9.17) is 4.84 Å². The molecular formula is C13H13BrN2O3+2. The molecule has 0 saturated heterocycles. The molecule has 2 atom stereocenters. The molecule has 2 aliphatic rings. The van der Waals surface area contributed by atoms with Crippen LogP contribution in [0.2, 0.25) is 0 Å². The molecule has 1 aliphatic heterocycles. The minimum atomic E-state index is -0.300. The number of hydroxylamine groups is 1. The Bertz CT molecular complexity index is 637. The van der Waals surface area contributed by atoms with Gasteiger partial charge >= 0.3 is 11.4 Å². The Morgan fingerprint density at radius 2 is 2.11 bits per heavy atom. The molecule has 0 saturated carbocycles. The number of halogens is 1. The maximum absolute atomic E-state index is 10.3. The van der Waals surface area contributed by atoms with Crippen LogP contribution in [0.4, 0.5) is 11.4 Å². The molecule has 1 aromatic carbocycles. The summed E-state index contributed by atoms with van der Waals surface area (Å²) in [5.41, 5.74) is 1.80. The van der Waals surface area contributed by atoms with Crippen molar-refractivity contribution in [1.29, 1.82) is 0 Å². The molecule has 5 nitrogen and oxygen atoms in total. The van der Waals surface area contributed by atoms with Crippen molar-refractivity contribution in [1.82, 2.24) is 0 Å². The zero-order valence-corrected chi connectivity index (χ0v) is 11.8. The molecule has 6 heteroatoms. The molecule has 1 aromatic rings. The summed E-state index contributed by atoms with van der Waals surface area (Å²) < 4.78 is 1.55. The molecule has 1 heterocycles. The highest BCUT2D eigenvalue weighted by Gasteiger charge is 2.49. The summed E-state index contributed by atoms with van der Waals surface area (Å²) >= 11 is 3.26. The molecule has 0 spiro atoms. The van der Waals surface area contributed by atoms with E-state index < -0.39 is 0 Å². The second kappa shape index (κ2) is 4.48. The van der Waals surface area contributed by atoms with Crippen molar-refractivity contribution >= 4 is 33.0 Å². The number of para-hydroxylation sites is 2. The van der Waals surface area contributed by atoms with Crippen molar-refractivity contribution in [2.75, 3.05) is 7.11 Å². The summed E-state index contributed by atoms with van der Waals surface area (Å²) in [4.78, 5) is 5.48. The van der Waals surface area contributed by atoms with Gasteiger partial charge in [-0.15, -0.1) is 5.06 Å². The van der Waals surface area contributed by atoms with Gasteiger partial charge in [-0.3, -0.25) is 5.21 Å². The van der Waals surface area contributed by atoms with Gasteiger partial charge < -0.3 is 5.11 Å². The highest BCUT2D eigenvalue weighted by Crippen LogP contribution is 2.28. The molecule has 0 bridgehead atoms.